The van der Waals surface area contributed by atoms with Crippen molar-refractivity contribution < 1.29 is 9.90 Å². The molecule has 0 aliphatic carbocycles. The highest BCUT2D eigenvalue weighted by Crippen LogP contribution is 2.19. The number of rotatable bonds is 9. The van der Waals surface area contributed by atoms with Gasteiger partial charge in [-0.05, 0) is 44.6 Å². The molecule has 1 aromatic rings. The van der Waals surface area contributed by atoms with E-state index in [9.17, 15) is 9.90 Å². The van der Waals surface area contributed by atoms with E-state index in [1.807, 2.05) is 13.0 Å². The molecule has 0 aliphatic heterocycles. The third-order valence-corrected chi connectivity index (χ3v) is 3.89. The zero-order valence-corrected chi connectivity index (χ0v) is 12.2. The Morgan fingerprint density at radius 2 is 2.37 bits per heavy atom. The van der Waals surface area contributed by atoms with E-state index in [4.69, 9.17) is 0 Å². The first-order chi connectivity index (χ1) is 9.08. The fourth-order valence-electron chi connectivity index (χ4n) is 1.64. The van der Waals surface area contributed by atoms with Gasteiger partial charge in [0, 0.05) is 6.20 Å². The van der Waals surface area contributed by atoms with Crippen LogP contribution in [0.25, 0.3) is 0 Å². The van der Waals surface area contributed by atoms with Crippen molar-refractivity contribution in [2.24, 2.45) is 0 Å². The highest BCUT2D eigenvalue weighted by Gasteiger charge is 2.31. The average Bonchev–Trinajstić information content (AvgIpc) is 2.42. The Morgan fingerprint density at radius 3 is 2.95 bits per heavy atom. The second-order valence-electron chi connectivity index (χ2n) is 4.56. The molecule has 19 heavy (non-hydrogen) atoms. The topological polar surface area (TPSA) is 75.1 Å². The van der Waals surface area contributed by atoms with Gasteiger partial charge in [-0.1, -0.05) is 6.92 Å². The van der Waals surface area contributed by atoms with Gasteiger partial charge in [0.1, 0.15) is 11.9 Å². The van der Waals surface area contributed by atoms with Crippen LogP contribution in [0.4, 0.5) is 0 Å². The Balaban J connectivity index is 2.34. The van der Waals surface area contributed by atoms with Gasteiger partial charge in [0.05, 0.1) is 5.03 Å². The first kappa shape index (κ1) is 15.9. The van der Waals surface area contributed by atoms with Crippen LogP contribution in [0.2, 0.25) is 0 Å². The molecule has 0 spiro atoms. The van der Waals surface area contributed by atoms with Gasteiger partial charge in [0.15, 0.2) is 0 Å². The van der Waals surface area contributed by atoms with Crippen LogP contribution in [0.15, 0.2) is 23.6 Å². The van der Waals surface area contributed by atoms with Crippen LogP contribution in [0.5, 0.6) is 0 Å². The molecule has 0 radical (unpaired) electrons. The molecule has 5 nitrogen and oxygen atoms in total. The number of carboxylic acid groups (broad SMARTS) is 1. The zero-order valence-electron chi connectivity index (χ0n) is 11.4. The molecule has 106 valence electrons. The van der Waals surface area contributed by atoms with Gasteiger partial charge >= 0.3 is 5.97 Å². The molecule has 0 saturated carbocycles. The lowest BCUT2D eigenvalue weighted by molar-refractivity contribution is -0.144. The molecule has 2 N–H and O–H groups in total. The first-order valence-corrected chi connectivity index (χ1v) is 7.44. The lowest BCUT2D eigenvalue weighted by Gasteiger charge is -2.26. The number of aliphatic carboxylic acids is 1. The van der Waals surface area contributed by atoms with Crippen LogP contribution >= 0.6 is 11.8 Å². The zero-order chi connectivity index (χ0) is 14.1. The van der Waals surface area contributed by atoms with Crippen LogP contribution < -0.4 is 5.32 Å². The van der Waals surface area contributed by atoms with Crippen molar-refractivity contribution in [2.45, 2.75) is 43.7 Å². The van der Waals surface area contributed by atoms with Crippen molar-refractivity contribution in [3.8, 4) is 0 Å². The number of carbonyl (C=O) groups is 1. The van der Waals surface area contributed by atoms with Gasteiger partial charge in [-0.2, -0.15) is 0 Å². The summed E-state index contributed by atoms with van der Waals surface area (Å²) in [4.78, 5) is 19.3. The fraction of sp³-hybridized carbons (Fsp3) is 0.615. The van der Waals surface area contributed by atoms with Gasteiger partial charge in [-0.25, -0.2) is 9.97 Å². The van der Waals surface area contributed by atoms with Crippen LogP contribution in [0, 0.1) is 0 Å². The summed E-state index contributed by atoms with van der Waals surface area (Å²) < 4.78 is 0. The van der Waals surface area contributed by atoms with E-state index in [0.29, 0.717) is 6.42 Å². The molecule has 1 unspecified atom stereocenters. The lowest BCUT2D eigenvalue weighted by Crippen LogP contribution is -2.49. The lowest BCUT2D eigenvalue weighted by atomic mass is 9.96. The van der Waals surface area contributed by atoms with Crippen molar-refractivity contribution in [3.63, 3.8) is 0 Å². The van der Waals surface area contributed by atoms with E-state index < -0.39 is 11.5 Å². The molecule has 1 aromatic heterocycles. The second-order valence-corrected chi connectivity index (χ2v) is 5.68. The minimum Gasteiger partial charge on any atom is -0.480 e. The monoisotopic (exact) mass is 283 g/mol. The Kier molecular flexibility index (Phi) is 6.80. The average molecular weight is 283 g/mol. The largest absolute Gasteiger partial charge is 0.480 e. The maximum absolute atomic E-state index is 11.3. The van der Waals surface area contributed by atoms with E-state index in [2.05, 4.69) is 15.3 Å². The molecule has 0 amide bonds. The number of thioether (sulfide) groups is 1. The SMILES string of the molecule is CCCNC(C)(CCCSc1ccncn1)C(=O)O. The molecule has 0 bridgehead atoms. The highest BCUT2D eigenvalue weighted by molar-refractivity contribution is 7.99. The van der Waals surface area contributed by atoms with E-state index in [-0.39, 0.29) is 0 Å². The third kappa shape index (κ3) is 5.57. The maximum atomic E-state index is 11.3. The Hall–Kier alpha value is -1.14. The van der Waals surface area contributed by atoms with Crippen LogP contribution in [0.1, 0.15) is 33.1 Å². The minimum absolute atomic E-state index is 0.612. The predicted octanol–water partition coefficient (Wildman–Crippen LogP) is 2.19. The standard InChI is InChI=1S/C13H21N3O2S/c1-3-7-16-13(2,12(17)18)6-4-9-19-11-5-8-14-10-15-11/h5,8,10,16H,3-4,6-7,9H2,1-2H3,(H,17,18). The quantitative estimate of drug-likeness (QED) is 0.411. The van der Waals surface area contributed by atoms with Crippen molar-refractivity contribution in [1.82, 2.24) is 15.3 Å². The molecule has 0 aliphatic rings. The summed E-state index contributed by atoms with van der Waals surface area (Å²) in [6.45, 7) is 4.50. The van der Waals surface area contributed by atoms with Crippen molar-refractivity contribution in [3.05, 3.63) is 18.6 Å². The summed E-state index contributed by atoms with van der Waals surface area (Å²) in [6, 6.07) is 1.86. The van der Waals surface area contributed by atoms with Gasteiger partial charge in [-0.15, -0.1) is 11.8 Å². The Labute approximate surface area is 118 Å². The van der Waals surface area contributed by atoms with Gasteiger partial charge in [-0.3, -0.25) is 4.79 Å². The molecule has 0 fully saturated rings. The van der Waals surface area contributed by atoms with Gasteiger partial charge in [0.25, 0.3) is 0 Å². The number of aromatic nitrogens is 2. The predicted molar refractivity (Wildman–Crippen MR) is 76.3 cm³/mol. The number of carboxylic acids is 1. The third-order valence-electron chi connectivity index (χ3n) is 2.86. The molecular weight excluding hydrogens is 262 g/mol. The maximum Gasteiger partial charge on any atom is 0.323 e. The fourth-order valence-corrected chi connectivity index (χ4v) is 2.41. The number of hydrogen-bond acceptors (Lipinski definition) is 5. The first-order valence-electron chi connectivity index (χ1n) is 6.45. The minimum atomic E-state index is -0.831. The molecule has 0 saturated heterocycles. The summed E-state index contributed by atoms with van der Waals surface area (Å²) in [5.41, 5.74) is -0.831. The van der Waals surface area contributed by atoms with Crippen LogP contribution in [-0.2, 0) is 4.79 Å². The van der Waals surface area contributed by atoms with Crippen LogP contribution in [0.3, 0.4) is 0 Å². The molecule has 6 heteroatoms. The Bertz CT molecular complexity index is 389. The van der Waals surface area contributed by atoms with Crippen molar-refractivity contribution in [1.29, 1.82) is 0 Å². The summed E-state index contributed by atoms with van der Waals surface area (Å²) >= 11 is 1.62. The highest BCUT2D eigenvalue weighted by atomic mass is 32.2. The molecular formula is C13H21N3O2S. The van der Waals surface area contributed by atoms with E-state index in [1.54, 1.807) is 24.9 Å². The normalized spacial score (nSPS) is 14.0. The van der Waals surface area contributed by atoms with Crippen molar-refractivity contribution >= 4 is 17.7 Å². The van der Waals surface area contributed by atoms with E-state index in [0.717, 1.165) is 30.2 Å². The number of nitrogens with one attached hydrogen (secondary N) is 1. The van der Waals surface area contributed by atoms with Gasteiger partial charge < -0.3 is 10.4 Å². The summed E-state index contributed by atoms with van der Waals surface area (Å²) in [6.07, 6.45) is 5.60. The van der Waals surface area contributed by atoms with Crippen LogP contribution in [-0.4, -0.2) is 38.9 Å². The van der Waals surface area contributed by atoms with Gasteiger partial charge in [0.2, 0.25) is 0 Å². The molecule has 1 atom stereocenters. The van der Waals surface area contributed by atoms with Crippen molar-refractivity contribution in [2.75, 3.05) is 12.3 Å². The van der Waals surface area contributed by atoms with E-state index >= 15 is 0 Å². The number of hydrogen-bond donors (Lipinski definition) is 2. The summed E-state index contributed by atoms with van der Waals surface area (Å²) in [5.74, 6) is 0.0706. The summed E-state index contributed by atoms with van der Waals surface area (Å²) in [7, 11) is 0. The smallest absolute Gasteiger partial charge is 0.323 e. The molecule has 1 heterocycles. The Morgan fingerprint density at radius 1 is 1.58 bits per heavy atom. The molecule has 0 aromatic carbocycles. The molecule has 1 rings (SSSR count). The summed E-state index contributed by atoms with van der Waals surface area (Å²) in [5, 5.41) is 13.3. The second kappa shape index (κ2) is 8.12. The number of nitrogens with zero attached hydrogens (tertiary/aromatic N) is 2. The van der Waals surface area contributed by atoms with E-state index in [1.165, 1.54) is 6.33 Å².